The molecule has 0 fully saturated rings. The predicted molar refractivity (Wildman–Crippen MR) is 83.1 cm³/mol. The predicted octanol–water partition coefficient (Wildman–Crippen LogP) is 3.38. The zero-order valence-electron chi connectivity index (χ0n) is 11.1. The largest absolute Gasteiger partial charge is 0.493 e. The van der Waals surface area contributed by atoms with Crippen LogP contribution in [0, 0.1) is 0 Å². The van der Waals surface area contributed by atoms with Gasteiger partial charge in [0.1, 0.15) is 5.75 Å². The summed E-state index contributed by atoms with van der Waals surface area (Å²) in [6.07, 6.45) is 6.55. The first kappa shape index (κ1) is 13.2. The van der Waals surface area contributed by atoms with Gasteiger partial charge in [0.15, 0.2) is 0 Å². The Hall–Kier alpha value is -1.75. The van der Waals surface area contributed by atoms with Crippen molar-refractivity contribution >= 4 is 21.9 Å². The molecule has 0 spiro atoms. The quantitative estimate of drug-likeness (QED) is 0.852. The second-order valence-corrected chi connectivity index (χ2v) is 5.61. The first-order valence-electron chi connectivity index (χ1n) is 6.58. The summed E-state index contributed by atoms with van der Waals surface area (Å²) in [6, 6.07) is 4.22. The molecule has 1 aromatic carbocycles. The SMILES string of the molecule is C=CCn1ccnc1NCc1cc(Br)cc2c1OCC2. The third-order valence-electron chi connectivity index (χ3n) is 3.30. The van der Waals surface area contributed by atoms with Gasteiger partial charge in [-0.1, -0.05) is 22.0 Å². The van der Waals surface area contributed by atoms with Gasteiger partial charge in [-0.05, 0) is 17.7 Å². The lowest BCUT2D eigenvalue weighted by Crippen LogP contribution is -2.07. The van der Waals surface area contributed by atoms with Crippen molar-refractivity contribution in [2.24, 2.45) is 0 Å². The Morgan fingerprint density at radius 3 is 3.25 bits per heavy atom. The van der Waals surface area contributed by atoms with Crippen molar-refractivity contribution in [2.75, 3.05) is 11.9 Å². The maximum absolute atomic E-state index is 5.73. The molecule has 2 aromatic rings. The van der Waals surface area contributed by atoms with E-state index in [-0.39, 0.29) is 0 Å². The lowest BCUT2D eigenvalue weighted by Gasteiger charge is -2.11. The van der Waals surface area contributed by atoms with E-state index in [1.807, 2.05) is 16.8 Å². The lowest BCUT2D eigenvalue weighted by atomic mass is 10.1. The fourth-order valence-electron chi connectivity index (χ4n) is 2.41. The molecule has 0 atom stereocenters. The molecular weight excluding hydrogens is 318 g/mol. The van der Waals surface area contributed by atoms with Crippen LogP contribution in [0.2, 0.25) is 0 Å². The summed E-state index contributed by atoms with van der Waals surface area (Å²) in [5.74, 6) is 1.86. The Labute approximate surface area is 126 Å². The molecule has 1 aliphatic rings. The Morgan fingerprint density at radius 1 is 1.50 bits per heavy atom. The first-order chi connectivity index (χ1) is 9.78. The monoisotopic (exact) mass is 333 g/mol. The van der Waals surface area contributed by atoms with Gasteiger partial charge in [0.05, 0.1) is 6.61 Å². The number of halogens is 1. The summed E-state index contributed by atoms with van der Waals surface area (Å²) in [7, 11) is 0. The number of benzene rings is 1. The van der Waals surface area contributed by atoms with Crippen LogP contribution in [0.15, 0.2) is 41.7 Å². The van der Waals surface area contributed by atoms with E-state index >= 15 is 0 Å². The van der Waals surface area contributed by atoms with Crippen LogP contribution < -0.4 is 10.1 Å². The highest BCUT2D eigenvalue weighted by Crippen LogP contribution is 2.33. The average molecular weight is 334 g/mol. The lowest BCUT2D eigenvalue weighted by molar-refractivity contribution is 0.354. The molecule has 0 unspecified atom stereocenters. The number of fused-ring (bicyclic) bond motifs is 1. The Balaban J connectivity index is 1.79. The molecule has 20 heavy (non-hydrogen) atoms. The number of aromatic nitrogens is 2. The van der Waals surface area contributed by atoms with Gasteiger partial charge in [-0.25, -0.2) is 4.98 Å². The zero-order chi connectivity index (χ0) is 13.9. The van der Waals surface area contributed by atoms with E-state index < -0.39 is 0 Å². The molecule has 5 heteroatoms. The smallest absolute Gasteiger partial charge is 0.203 e. The van der Waals surface area contributed by atoms with E-state index in [0.717, 1.165) is 41.3 Å². The van der Waals surface area contributed by atoms with Crippen molar-refractivity contribution in [3.8, 4) is 5.75 Å². The van der Waals surface area contributed by atoms with Crippen LogP contribution >= 0.6 is 15.9 Å². The van der Waals surface area contributed by atoms with Crippen LogP contribution in [0.4, 0.5) is 5.95 Å². The standard InChI is InChI=1S/C15H16BrN3O/c1-2-5-19-6-4-17-15(19)18-10-12-9-13(16)8-11-3-7-20-14(11)12/h2,4,6,8-9H,1,3,5,7,10H2,(H,17,18). The average Bonchev–Trinajstić information content (AvgIpc) is 3.05. The van der Waals surface area contributed by atoms with Crippen molar-refractivity contribution in [2.45, 2.75) is 19.5 Å². The summed E-state index contributed by atoms with van der Waals surface area (Å²) in [5.41, 5.74) is 2.42. The molecular formula is C15H16BrN3O. The minimum Gasteiger partial charge on any atom is -0.493 e. The van der Waals surface area contributed by atoms with Gasteiger partial charge in [0.2, 0.25) is 5.95 Å². The normalized spacial score (nSPS) is 12.8. The number of allylic oxidation sites excluding steroid dienone is 1. The molecule has 1 N–H and O–H groups in total. The molecule has 0 bridgehead atoms. The van der Waals surface area contributed by atoms with Gasteiger partial charge in [-0.3, -0.25) is 0 Å². The Morgan fingerprint density at radius 2 is 2.40 bits per heavy atom. The summed E-state index contributed by atoms with van der Waals surface area (Å²) in [6.45, 7) is 5.95. The highest BCUT2D eigenvalue weighted by Gasteiger charge is 2.17. The fourth-order valence-corrected chi connectivity index (χ4v) is 2.97. The Bertz CT molecular complexity index is 636. The summed E-state index contributed by atoms with van der Waals surface area (Å²) >= 11 is 3.56. The molecule has 0 saturated carbocycles. The number of hydrogen-bond donors (Lipinski definition) is 1. The van der Waals surface area contributed by atoms with E-state index in [1.54, 1.807) is 6.20 Å². The van der Waals surface area contributed by atoms with Crippen molar-refractivity contribution < 1.29 is 4.74 Å². The van der Waals surface area contributed by atoms with Crippen molar-refractivity contribution in [3.05, 3.63) is 52.8 Å². The van der Waals surface area contributed by atoms with Crippen LogP contribution in [0.25, 0.3) is 0 Å². The van der Waals surface area contributed by atoms with Crippen LogP contribution in [-0.2, 0) is 19.5 Å². The van der Waals surface area contributed by atoms with Gasteiger partial charge in [-0.2, -0.15) is 0 Å². The minimum absolute atomic E-state index is 0.690. The molecule has 104 valence electrons. The molecule has 4 nitrogen and oxygen atoms in total. The number of nitrogens with one attached hydrogen (secondary N) is 1. The molecule has 0 aliphatic carbocycles. The van der Waals surface area contributed by atoms with Crippen molar-refractivity contribution in [1.82, 2.24) is 9.55 Å². The zero-order valence-corrected chi connectivity index (χ0v) is 12.7. The van der Waals surface area contributed by atoms with E-state index in [4.69, 9.17) is 4.74 Å². The number of anilines is 1. The minimum atomic E-state index is 0.690. The summed E-state index contributed by atoms with van der Waals surface area (Å²) < 4.78 is 8.84. The molecule has 0 radical (unpaired) electrons. The maximum atomic E-state index is 5.73. The maximum Gasteiger partial charge on any atom is 0.203 e. The van der Waals surface area contributed by atoms with Crippen LogP contribution in [0.3, 0.4) is 0 Å². The highest BCUT2D eigenvalue weighted by molar-refractivity contribution is 9.10. The second-order valence-electron chi connectivity index (χ2n) is 4.70. The molecule has 1 aliphatic heterocycles. The molecule has 0 amide bonds. The van der Waals surface area contributed by atoms with Crippen molar-refractivity contribution in [3.63, 3.8) is 0 Å². The topological polar surface area (TPSA) is 39.1 Å². The Kier molecular flexibility index (Phi) is 3.78. The first-order valence-corrected chi connectivity index (χ1v) is 7.37. The third kappa shape index (κ3) is 2.58. The summed E-state index contributed by atoms with van der Waals surface area (Å²) in [5, 5.41) is 3.35. The van der Waals surface area contributed by atoms with Gasteiger partial charge in [-0.15, -0.1) is 6.58 Å². The fraction of sp³-hybridized carbons (Fsp3) is 0.267. The number of nitrogens with zero attached hydrogens (tertiary/aromatic N) is 2. The van der Waals surface area contributed by atoms with E-state index in [1.165, 1.54) is 5.56 Å². The molecule has 0 saturated heterocycles. The highest BCUT2D eigenvalue weighted by atomic mass is 79.9. The van der Waals surface area contributed by atoms with Gasteiger partial charge >= 0.3 is 0 Å². The van der Waals surface area contributed by atoms with Crippen LogP contribution in [0.5, 0.6) is 5.75 Å². The van der Waals surface area contributed by atoms with E-state index in [9.17, 15) is 0 Å². The second kappa shape index (κ2) is 5.71. The van der Waals surface area contributed by atoms with Crippen LogP contribution in [0.1, 0.15) is 11.1 Å². The molecule has 3 rings (SSSR count). The summed E-state index contributed by atoms with van der Waals surface area (Å²) in [4.78, 5) is 4.32. The van der Waals surface area contributed by atoms with E-state index in [2.05, 4.69) is 44.9 Å². The van der Waals surface area contributed by atoms with Gasteiger partial charge in [0, 0.05) is 41.9 Å². The van der Waals surface area contributed by atoms with Gasteiger partial charge in [0.25, 0.3) is 0 Å². The van der Waals surface area contributed by atoms with Crippen molar-refractivity contribution in [1.29, 1.82) is 0 Å². The number of hydrogen-bond acceptors (Lipinski definition) is 3. The van der Waals surface area contributed by atoms with Crippen LogP contribution in [-0.4, -0.2) is 16.2 Å². The molecule has 1 aromatic heterocycles. The number of rotatable bonds is 5. The third-order valence-corrected chi connectivity index (χ3v) is 3.76. The number of ether oxygens (including phenoxy) is 1. The molecule has 2 heterocycles. The number of imidazole rings is 1. The van der Waals surface area contributed by atoms with Gasteiger partial charge < -0.3 is 14.6 Å². The van der Waals surface area contributed by atoms with E-state index in [0.29, 0.717) is 6.54 Å².